The van der Waals surface area contributed by atoms with Gasteiger partial charge in [0.15, 0.2) is 0 Å². The molecule has 0 radical (unpaired) electrons. The van der Waals surface area contributed by atoms with Crippen LogP contribution in [0.1, 0.15) is 6.42 Å². The number of aliphatic imine (C=N–C) groups is 1. The third kappa shape index (κ3) is 19.0. The first-order valence-electron chi connectivity index (χ1n) is 4.80. The van der Waals surface area contributed by atoms with Crippen molar-refractivity contribution in [1.82, 2.24) is 10.6 Å². The molecule has 1 rings (SSSR count). The number of nitrogens with one attached hydrogen (secondary N) is 2. The van der Waals surface area contributed by atoms with E-state index >= 15 is 0 Å². The Bertz CT molecular complexity index is 255. The normalized spacial score (nSPS) is 14.0. The molecule has 0 amide bonds. The average molecular weight is 278 g/mol. The van der Waals surface area contributed by atoms with Gasteiger partial charge >= 0.3 is 26.7 Å². The van der Waals surface area contributed by atoms with Crippen LogP contribution in [-0.4, -0.2) is 52.4 Å². The van der Waals surface area contributed by atoms with E-state index in [0.717, 1.165) is 44.2 Å². The standard InChI is InChI=1S/C7H15N3S.Li.H3O4P/c11-6-5-8-2-1-7-9-3-4-10-7;;1-5(2,3)4/h8,11H,1-6H2,(H,9,10);;(H3,1,2,3,4)/q;+1;. The molecule has 5 N–H and O–H groups in total. The molecule has 17 heavy (non-hydrogen) atoms. The maximum atomic E-state index is 8.88. The first-order valence-corrected chi connectivity index (χ1v) is 7.00. The van der Waals surface area contributed by atoms with Gasteiger partial charge in [0.2, 0.25) is 0 Å². The molecule has 0 aromatic rings. The van der Waals surface area contributed by atoms with Gasteiger partial charge in [-0.2, -0.15) is 12.6 Å². The minimum absolute atomic E-state index is 0. The summed E-state index contributed by atoms with van der Waals surface area (Å²) in [5.41, 5.74) is 0. The molecule has 7 nitrogen and oxygen atoms in total. The summed E-state index contributed by atoms with van der Waals surface area (Å²) in [6.07, 6.45) is 1.02. The molecule has 0 spiro atoms. The van der Waals surface area contributed by atoms with Crippen molar-refractivity contribution in [2.45, 2.75) is 6.42 Å². The van der Waals surface area contributed by atoms with Crippen LogP contribution in [0.4, 0.5) is 0 Å². The molecular weight excluding hydrogens is 260 g/mol. The van der Waals surface area contributed by atoms with E-state index in [-0.39, 0.29) is 18.9 Å². The van der Waals surface area contributed by atoms with Crippen LogP contribution in [0.25, 0.3) is 0 Å². The topological polar surface area (TPSA) is 114 Å². The summed E-state index contributed by atoms with van der Waals surface area (Å²) in [4.78, 5) is 25.8. The maximum Gasteiger partial charge on any atom is 1.00 e. The molecule has 0 unspecified atom stereocenters. The Balaban J connectivity index is 0. The van der Waals surface area contributed by atoms with E-state index in [4.69, 9.17) is 19.2 Å². The number of nitrogens with zero attached hydrogens (tertiary/aromatic N) is 1. The second-order valence-electron chi connectivity index (χ2n) is 2.99. The quantitative estimate of drug-likeness (QED) is 0.132. The van der Waals surface area contributed by atoms with Crippen LogP contribution < -0.4 is 29.5 Å². The van der Waals surface area contributed by atoms with Crippen molar-refractivity contribution in [3.8, 4) is 0 Å². The van der Waals surface area contributed by atoms with E-state index in [1.165, 1.54) is 0 Å². The fraction of sp³-hybridized carbons (Fsp3) is 0.857. The maximum absolute atomic E-state index is 8.88. The molecule has 1 heterocycles. The van der Waals surface area contributed by atoms with Crippen molar-refractivity contribution in [3.63, 3.8) is 0 Å². The largest absolute Gasteiger partial charge is 1.00 e. The molecule has 0 fully saturated rings. The Hall–Kier alpha value is 0.487. The monoisotopic (exact) mass is 278 g/mol. The van der Waals surface area contributed by atoms with Gasteiger partial charge in [0.1, 0.15) is 0 Å². The van der Waals surface area contributed by atoms with Crippen molar-refractivity contribution >= 4 is 26.3 Å². The van der Waals surface area contributed by atoms with E-state index in [1.54, 1.807) is 0 Å². The van der Waals surface area contributed by atoms with Crippen LogP contribution in [0.5, 0.6) is 0 Å². The Morgan fingerprint density at radius 2 is 2.00 bits per heavy atom. The molecule has 0 aromatic carbocycles. The molecular formula is C7H18LiN3O4PS+. The first-order chi connectivity index (χ1) is 7.43. The van der Waals surface area contributed by atoms with Gasteiger partial charge in [-0.3, -0.25) is 4.99 Å². The minimum atomic E-state index is -4.64. The van der Waals surface area contributed by atoms with Gasteiger partial charge in [0.05, 0.1) is 12.4 Å². The van der Waals surface area contributed by atoms with Crippen LogP contribution in [0.3, 0.4) is 0 Å². The van der Waals surface area contributed by atoms with Gasteiger partial charge in [-0.15, -0.1) is 0 Å². The van der Waals surface area contributed by atoms with Crippen molar-refractivity contribution in [3.05, 3.63) is 0 Å². The molecule has 96 valence electrons. The van der Waals surface area contributed by atoms with Gasteiger partial charge in [-0.25, -0.2) is 4.57 Å². The third-order valence-electron chi connectivity index (χ3n) is 1.57. The van der Waals surface area contributed by atoms with E-state index in [9.17, 15) is 0 Å². The molecule has 1 aliphatic rings. The molecule has 0 atom stereocenters. The minimum Gasteiger partial charge on any atom is -0.372 e. The number of hydrogen-bond acceptors (Lipinski definition) is 5. The van der Waals surface area contributed by atoms with E-state index in [2.05, 4.69) is 28.3 Å². The van der Waals surface area contributed by atoms with E-state index in [1.807, 2.05) is 0 Å². The van der Waals surface area contributed by atoms with Gasteiger partial charge in [0, 0.05) is 31.8 Å². The number of hydrogen-bond donors (Lipinski definition) is 6. The predicted octanol–water partition coefficient (Wildman–Crippen LogP) is -4.03. The zero-order chi connectivity index (χ0) is 12.4. The van der Waals surface area contributed by atoms with Crippen molar-refractivity contribution in [1.29, 1.82) is 0 Å². The summed E-state index contributed by atoms with van der Waals surface area (Å²) in [6.45, 7) is 3.95. The van der Waals surface area contributed by atoms with Crippen LogP contribution in [0, 0.1) is 0 Å². The molecule has 0 bridgehead atoms. The van der Waals surface area contributed by atoms with E-state index in [0.29, 0.717) is 0 Å². The van der Waals surface area contributed by atoms with Crippen LogP contribution in [0.15, 0.2) is 4.99 Å². The molecule has 10 heteroatoms. The smallest absolute Gasteiger partial charge is 0.372 e. The summed E-state index contributed by atoms with van der Waals surface area (Å²) in [7, 11) is -4.64. The van der Waals surface area contributed by atoms with Gasteiger partial charge in [-0.1, -0.05) is 0 Å². The summed E-state index contributed by atoms with van der Waals surface area (Å²) < 4.78 is 8.88. The third-order valence-corrected chi connectivity index (χ3v) is 1.79. The number of amidine groups is 1. The van der Waals surface area contributed by atoms with Gasteiger partial charge in [-0.05, 0) is 0 Å². The number of rotatable bonds is 5. The second kappa shape index (κ2) is 11.6. The molecule has 0 aliphatic carbocycles. The Morgan fingerprint density at radius 3 is 2.41 bits per heavy atom. The Labute approximate surface area is 118 Å². The van der Waals surface area contributed by atoms with Crippen molar-refractivity contribution in [2.24, 2.45) is 4.99 Å². The molecule has 0 saturated heterocycles. The predicted molar refractivity (Wildman–Crippen MR) is 65.9 cm³/mol. The summed E-state index contributed by atoms with van der Waals surface area (Å²) >= 11 is 4.10. The SMILES string of the molecule is O=P(O)(O)O.SCCNCCC1=NCCN1.[Li+]. The zero-order valence-electron chi connectivity index (χ0n) is 9.83. The second-order valence-corrected chi connectivity index (χ2v) is 4.47. The number of thiol groups is 1. The number of phosphoric acid groups is 1. The fourth-order valence-electron chi connectivity index (χ4n) is 1.03. The molecule has 1 aliphatic heterocycles. The van der Waals surface area contributed by atoms with Gasteiger partial charge < -0.3 is 25.3 Å². The fourth-order valence-corrected chi connectivity index (χ4v) is 1.18. The summed E-state index contributed by atoms with van der Waals surface area (Å²) in [6, 6.07) is 0. The van der Waals surface area contributed by atoms with Crippen molar-refractivity contribution < 1.29 is 38.1 Å². The van der Waals surface area contributed by atoms with E-state index < -0.39 is 7.82 Å². The van der Waals surface area contributed by atoms with Gasteiger partial charge in [0.25, 0.3) is 0 Å². The molecule has 0 aromatic heterocycles. The van der Waals surface area contributed by atoms with Crippen molar-refractivity contribution in [2.75, 3.05) is 31.9 Å². The zero-order valence-corrected chi connectivity index (χ0v) is 11.6. The average Bonchev–Trinajstić information content (AvgIpc) is 2.62. The summed E-state index contributed by atoms with van der Waals surface area (Å²) in [5, 5.41) is 6.49. The Morgan fingerprint density at radius 1 is 1.41 bits per heavy atom. The van der Waals surface area contributed by atoms with Crippen LogP contribution >= 0.6 is 20.5 Å². The first kappa shape index (κ1) is 19.8. The van der Waals surface area contributed by atoms with Crippen LogP contribution in [-0.2, 0) is 4.57 Å². The molecule has 0 saturated carbocycles. The Kier molecular flexibility index (Phi) is 13.5. The van der Waals surface area contributed by atoms with Crippen LogP contribution in [0.2, 0.25) is 0 Å². The summed E-state index contributed by atoms with van der Waals surface area (Å²) in [5.74, 6) is 2.05.